The van der Waals surface area contributed by atoms with Gasteiger partial charge >= 0.3 is 6.09 Å². The highest BCUT2D eigenvalue weighted by atomic mass is 19.1. The molecule has 1 heterocycles. The van der Waals surface area contributed by atoms with Gasteiger partial charge in [0.1, 0.15) is 36.4 Å². The first-order chi connectivity index (χ1) is 21.1. The van der Waals surface area contributed by atoms with E-state index in [1.165, 1.54) is 0 Å². The Labute approximate surface area is 257 Å². The monoisotopic (exact) mass is 607 g/mol. The summed E-state index contributed by atoms with van der Waals surface area (Å²) in [5.41, 5.74) is 1.24. The maximum absolute atomic E-state index is 14.2. The molecule has 3 aromatic carbocycles. The van der Waals surface area contributed by atoms with Crippen molar-refractivity contribution in [2.45, 2.75) is 57.8 Å². The van der Waals surface area contributed by atoms with Gasteiger partial charge in [-0.05, 0) is 75.6 Å². The van der Waals surface area contributed by atoms with E-state index < -0.39 is 29.4 Å². The Morgan fingerprint density at radius 1 is 0.909 bits per heavy atom. The van der Waals surface area contributed by atoms with Crippen molar-refractivity contribution < 1.29 is 32.6 Å². The van der Waals surface area contributed by atoms with Crippen LogP contribution in [-0.4, -0.2) is 72.3 Å². The number of hydrogen-bond acceptors (Lipinski definition) is 6. The predicted molar refractivity (Wildman–Crippen MR) is 163 cm³/mol. The topological polar surface area (TPSA) is 71.5 Å². The number of hydrogen-bond donors (Lipinski definition) is 0. The molecule has 10 heteroatoms. The minimum absolute atomic E-state index is 0.0216. The van der Waals surface area contributed by atoms with E-state index in [9.17, 15) is 18.4 Å². The molecule has 1 aliphatic heterocycles. The van der Waals surface area contributed by atoms with Gasteiger partial charge in [0.05, 0.1) is 6.54 Å². The zero-order valence-electron chi connectivity index (χ0n) is 25.4. The fraction of sp³-hybridized carbons (Fsp3) is 0.412. The largest absolute Gasteiger partial charge is 0.490 e. The first kappa shape index (κ1) is 31.1. The van der Waals surface area contributed by atoms with Crippen LogP contribution in [0, 0.1) is 11.6 Å². The van der Waals surface area contributed by atoms with Crippen LogP contribution in [0.2, 0.25) is 0 Å². The second kappa shape index (κ2) is 13.5. The van der Waals surface area contributed by atoms with E-state index in [2.05, 4.69) is 0 Å². The number of piperazine rings is 1. The molecule has 5 rings (SSSR count). The molecule has 1 atom stereocenters. The van der Waals surface area contributed by atoms with Gasteiger partial charge < -0.3 is 28.9 Å². The van der Waals surface area contributed by atoms with Gasteiger partial charge in [0.2, 0.25) is 5.91 Å². The molecule has 1 saturated carbocycles. The molecule has 2 aliphatic rings. The molecule has 2 amide bonds. The van der Waals surface area contributed by atoms with Gasteiger partial charge in [-0.1, -0.05) is 30.3 Å². The van der Waals surface area contributed by atoms with Gasteiger partial charge in [0, 0.05) is 37.4 Å². The second-order valence-electron chi connectivity index (χ2n) is 12.1. The highest BCUT2D eigenvalue weighted by Gasteiger charge is 2.42. The molecule has 234 valence electrons. The third kappa shape index (κ3) is 8.18. The summed E-state index contributed by atoms with van der Waals surface area (Å²) in [7, 11) is 0. The molecule has 0 N–H and O–H groups in total. The molecule has 0 bridgehead atoms. The first-order valence-corrected chi connectivity index (χ1v) is 15.0. The van der Waals surface area contributed by atoms with Crippen molar-refractivity contribution in [3.8, 4) is 11.5 Å². The second-order valence-corrected chi connectivity index (χ2v) is 12.1. The maximum atomic E-state index is 14.2. The predicted octanol–water partition coefficient (Wildman–Crippen LogP) is 6.04. The molecule has 3 aromatic rings. The van der Waals surface area contributed by atoms with E-state index in [0.717, 1.165) is 42.3 Å². The van der Waals surface area contributed by atoms with Crippen molar-refractivity contribution in [3.63, 3.8) is 0 Å². The lowest BCUT2D eigenvalue weighted by Gasteiger charge is -2.43. The fourth-order valence-corrected chi connectivity index (χ4v) is 5.17. The third-order valence-electron chi connectivity index (χ3n) is 7.45. The summed E-state index contributed by atoms with van der Waals surface area (Å²) < 4.78 is 43.9. The summed E-state index contributed by atoms with van der Waals surface area (Å²) in [5, 5.41) is 0. The van der Waals surface area contributed by atoms with Crippen molar-refractivity contribution in [2.75, 3.05) is 37.7 Å². The Hall–Kier alpha value is -4.34. The molecular formula is C34H39F2N3O5. The van der Waals surface area contributed by atoms with E-state index in [1.54, 1.807) is 17.0 Å². The number of anilines is 1. The number of halogens is 2. The highest BCUT2D eigenvalue weighted by molar-refractivity contribution is 5.87. The van der Waals surface area contributed by atoms with Crippen molar-refractivity contribution in [3.05, 3.63) is 90.0 Å². The Morgan fingerprint density at radius 2 is 1.61 bits per heavy atom. The summed E-state index contributed by atoms with van der Waals surface area (Å²) in [4.78, 5) is 32.9. The molecule has 44 heavy (non-hydrogen) atoms. The van der Waals surface area contributed by atoms with Crippen molar-refractivity contribution in [1.82, 2.24) is 9.80 Å². The Bertz CT molecular complexity index is 1430. The van der Waals surface area contributed by atoms with Crippen molar-refractivity contribution >= 4 is 17.7 Å². The van der Waals surface area contributed by atoms with Gasteiger partial charge in [0.15, 0.2) is 11.6 Å². The Balaban J connectivity index is 1.28. The lowest BCUT2D eigenvalue weighted by Crippen LogP contribution is -2.61. The smallest absolute Gasteiger partial charge is 0.410 e. The normalized spacial score (nSPS) is 16.8. The van der Waals surface area contributed by atoms with Crippen LogP contribution in [-0.2, 0) is 16.1 Å². The molecular weight excluding hydrogens is 568 g/mol. The molecule has 2 fully saturated rings. The van der Waals surface area contributed by atoms with Crippen molar-refractivity contribution in [1.29, 1.82) is 0 Å². The molecule has 0 radical (unpaired) electrons. The molecule has 1 aliphatic carbocycles. The summed E-state index contributed by atoms with van der Waals surface area (Å²) in [6.45, 7) is 7.22. The number of benzene rings is 3. The maximum Gasteiger partial charge on any atom is 0.410 e. The SMILES string of the molecule is CC(C)(C)OC(=O)N1CCN(c2ccc(OCCOc3cc(F)ccc3F)cc2)C(C(=O)N(Cc2ccccc2)C2CC2)C1. The minimum atomic E-state index is -0.645. The summed E-state index contributed by atoms with van der Waals surface area (Å²) >= 11 is 0. The number of nitrogens with zero attached hydrogens (tertiary/aromatic N) is 3. The van der Waals surface area contributed by atoms with Crippen LogP contribution in [0.3, 0.4) is 0 Å². The average Bonchev–Trinajstić information content (AvgIpc) is 3.85. The molecule has 1 saturated heterocycles. The van der Waals surface area contributed by atoms with Crippen LogP contribution in [0.25, 0.3) is 0 Å². The van der Waals surface area contributed by atoms with Gasteiger partial charge in [-0.15, -0.1) is 0 Å². The van der Waals surface area contributed by atoms with E-state index in [1.807, 2.05) is 73.0 Å². The van der Waals surface area contributed by atoms with E-state index in [0.29, 0.717) is 25.4 Å². The summed E-state index contributed by atoms with van der Waals surface area (Å²) in [6.07, 6.45) is 1.49. The lowest BCUT2D eigenvalue weighted by atomic mass is 10.1. The van der Waals surface area contributed by atoms with Gasteiger partial charge in [0.25, 0.3) is 0 Å². The number of carbonyl (C=O) groups excluding carboxylic acids is 2. The molecule has 0 aromatic heterocycles. The average molecular weight is 608 g/mol. The highest BCUT2D eigenvalue weighted by Crippen LogP contribution is 2.32. The number of ether oxygens (including phenoxy) is 3. The molecule has 0 spiro atoms. The molecule has 8 nitrogen and oxygen atoms in total. The van der Waals surface area contributed by atoms with Crippen LogP contribution in [0.4, 0.5) is 19.3 Å². The van der Waals surface area contributed by atoms with Crippen LogP contribution in [0.15, 0.2) is 72.8 Å². The Morgan fingerprint density at radius 3 is 2.30 bits per heavy atom. The fourth-order valence-electron chi connectivity index (χ4n) is 5.17. The van der Waals surface area contributed by atoms with Crippen LogP contribution >= 0.6 is 0 Å². The zero-order valence-corrected chi connectivity index (χ0v) is 25.4. The van der Waals surface area contributed by atoms with Gasteiger partial charge in [-0.3, -0.25) is 4.79 Å². The van der Waals surface area contributed by atoms with Gasteiger partial charge in [-0.25, -0.2) is 13.6 Å². The minimum Gasteiger partial charge on any atom is -0.490 e. The van der Waals surface area contributed by atoms with Gasteiger partial charge in [-0.2, -0.15) is 0 Å². The van der Waals surface area contributed by atoms with E-state index in [4.69, 9.17) is 14.2 Å². The van der Waals surface area contributed by atoms with Crippen molar-refractivity contribution in [2.24, 2.45) is 0 Å². The lowest BCUT2D eigenvalue weighted by molar-refractivity contribution is -0.134. The van der Waals surface area contributed by atoms with Crippen LogP contribution < -0.4 is 14.4 Å². The number of carbonyl (C=O) groups is 2. The standard InChI is InChI=1S/C34H39F2N3O5/c1-34(2,3)44-33(41)37-17-18-38(30(23-37)32(40)39(27-10-11-27)22-24-7-5-4-6-8-24)26-12-14-28(15-13-26)42-19-20-43-31-21-25(35)9-16-29(31)36/h4-9,12-16,21,27,30H,10-11,17-20,22-23H2,1-3H3. The zero-order chi connectivity index (χ0) is 31.3. The number of rotatable bonds is 10. The third-order valence-corrected chi connectivity index (χ3v) is 7.45. The summed E-state index contributed by atoms with van der Waals surface area (Å²) in [6, 6.07) is 19.9. The van der Waals surface area contributed by atoms with Crippen LogP contribution in [0.1, 0.15) is 39.2 Å². The number of amides is 2. The van der Waals surface area contributed by atoms with E-state index in [-0.39, 0.29) is 37.5 Å². The quantitative estimate of drug-likeness (QED) is 0.262. The first-order valence-electron chi connectivity index (χ1n) is 15.0. The molecule has 1 unspecified atom stereocenters. The van der Waals surface area contributed by atoms with Crippen LogP contribution in [0.5, 0.6) is 11.5 Å². The van der Waals surface area contributed by atoms with E-state index >= 15 is 0 Å². The summed E-state index contributed by atoms with van der Waals surface area (Å²) in [5.74, 6) is -0.849. The Kier molecular flexibility index (Phi) is 9.56.